The van der Waals surface area contributed by atoms with E-state index >= 15 is 0 Å². The lowest BCUT2D eigenvalue weighted by molar-refractivity contribution is 0.376. The molecular formula is C2H10OSi2. The van der Waals surface area contributed by atoms with Crippen LogP contribution in [0.3, 0.4) is 0 Å². The molecule has 0 radical (unpaired) electrons. The van der Waals surface area contributed by atoms with E-state index in [1.165, 1.54) is 16.3 Å². The highest BCUT2D eigenvalue weighted by molar-refractivity contribution is 6.08. The molecular weight excluding hydrogens is 96.2 g/mol. The van der Waals surface area contributed by atoms with Crippen molar-refractivity contribution in [3.8, 4) is 0 Å². The molecule has 0 unspecified atom stereocenters. The Hall–Kier alpha value is 0.394. The molecule has 3 heteroatoms. The predicted molar refractivity (Wildman–Crippen MR) is 30.6 cm³/mol. The van der Waals surface area contributed by atoms with Crippen LogP contribution >= 0.6 is 0 Å². The zero-order valence-electron chi connectivity index (χ0n) is 3.82. The molecule has 0 amide bonds. The van der Waals surface area contributed by atoms with Crippen molar-refractivity contribution in [2.24, 2.45) is 0 Å². The van der Waals surface area contributed by atoms with Crippen LogP contribution in [0.2, 0.25) is 6.04 Å². The van der Waals surface area contributed by atoms with Crippen molar-refractivity contribution in [3.63, 3.8) is 0 Å². The Bertz CT molecular complexity index is 15.1. The third-order valence-corrected chi connectivity index (χ3v) is 1.22. The molecule has 0 aromatic heterocycles. The van der Waals surface area contributed by atoms with Gasteiger partial charge in [0.15, 0.2) is 0 Å². The quantitative estimate of drug-likeness (QED) is 0.372. The Labute approximate surface area is 38.7 Å². The first-order chi connectivity index (χ1) is 2.41. The van der Waals surface area contributed by atoms with E-state index in [4.69, 9.17) is 4.43 Å². The molecule has 0 aromatic rings. The Balaban J connectivity index is 2.19. The lowest BCUT2D eigenvalue weighted by Gasteiger charge is -1.85. The van der Waals surface area contributed by atoms with Gasteiger partial charge in [-0.05, 0) is 6.04 Å². The number of hydrogen-bond acceptors (Lipinski definition) is 1. The molecule has 5 heavy (non-hydrogen) atoms. The molecule has 0 aliphatic heterocycles. The van der Waals surface area contributed by atoms with E-state index in [1.54, 1.807) is 0 Å². The molecule has 0 saturated heterocycles. The van der Waals surface area contributed by atoms with Crippen molar-refractivity contribution in [1.29, 1.82) is 0 Å². The Kier molecular flexibility index (Phi) is 4.74. The lowest BCUT2D eigenvalue weighted by atomic mass is 10.9. The Morgan fingerprint density at radius 1 is 1.60 bits per heavy atom. The minimum Gasteiger partial charge on any atom is -0.428 e. The highest BCUT2D eigenvalue weighted by Crippen LogP contribution is 1.66. The van der Waals surface area contributed by atoms with E-state index in [0.717, 1.165) is 17.1 Å². The van der Waals surface area contributed by atoms with Crippen molar-refractivity contribution < 1.29 is 4.43 Å². The number of hydrogen-bond donors (Lipinski definition) is 0. The molecule has 0 rings (SSSR count). The maximum atomic E-state index is 4.86. The van der Waals surface area contributed by atoms with Gasteiger partial charge in [0.25, 0.3) is 0 Å². The first-order valence-corrected chi connectivity index (χ1v) is 4.13. The van der Waals surface area contributed by atoms with Crippen molar-refractivity contribution in [3.05, 3.63) is 0 Å². The van der Waals surface area contributed by atoms with Crippen molar-refractivity contribution in [1.82, 2.24) is 0 Å². The normalized spacial score (nSPS) is 9.60. The van der Waals surface area contributed by atoms with Gasteiger partial charge in [0.2, 0.25) is 0 Å². The van der Waals surface area contributed by atoms with Crippen molar-refractivity contribution in [2.45, 2.75) is 6.04 Å². The summed E-state index contributed by atoms with van der Waals surface area (Å²) in [6, 6.07) is 1.30. The van der Waals surface area contributed by atoms with Gasteiger partial charge in [0.05, 0.1) is 0 Å². The minimum atomic E-state index is 0.921. The van der Waals surface area contributed by atoms with Crippen LogP contribution in [-0.2, 0) is 4.43 Å². The average Bonchev–Trinajstić information content (AvgIpc) is 1.41. The molecule has 0 heterocycles. The van der Waals surface area contributed by atoms with Gasteiger partial charge in [0.1, 0.15) is 10.5 Å². The third-order valence-electron chi connectivity index (χ3n) is 0.408. The zero-order valence-corrected chi connectivity index (χ0v) is 7.82. The summed E-state index contributed by atoms with van der Waals surface area (Å²) in [5.41, 5.74) is 0. The second kappa shape index (κ2) is 4.39. The van der Waals surface area contributed by atoms with Crippen LogP contribution in [0.15, 0.2) is 0 Å². The second-order valence-corrected chi connectivity index (χ2v) is 2.57. The first-order valence-electron chi connectivity index (χ1n) is 1.90. The summed E-state index contributed by atoms with van der Waals surface area (Å²) in [7, 11) is 2.22. The van der Waals surface area contributed by atoms with Gasteiger partial charge < -0.3 is 4.43 Å². The van der Waals surface area contributed by atoms with Crippen LogP contribution < -0.4 is 0 Å². The van der Waals surface area contributed by atoms with E-state index in [2.05, 4.69) is 0 Å². The van der Waals surface area contributed by atoms with Crippen LogP contribution in [0.4, 0.5) is 0 Å². The molecule has 0 spiro atoms. The van der Waals surface area contributed by atoms with E-state index in [1.807, 2.05) is 0 Å². The lowest BCUT2D eigenvalue weighted by Crippen LogP contribution is -1.84. The van der Waals surface area contributed by atoms with E-state index in [9.17, 15) is 0 Å². The smallest absolute Gasteiger partial charge is 0.145 e. The van der Waals surface area contributed by atoms with Gasteiger partial charge in [0, 0.05) is 16.8 Å². The van der Waals surface area contributed by atoms with Crippen LogP contribution in [0.1, 0.15) is 0 Å². The maximum Gasteiger partial charge on any atom is 0.145 e. The summed E-state index contributed by atoms with van der Waals surface area (Å²) in [6.45, 7) is 1.01. The average molecular weight is 106 g/mol. The first kappa shape index (κ1) is 5.39. The summed E-state index contributed by atoms with van der Waals surface area (Å²) < 4.78 is 4.86. The molecule has 0 saturated carbocycles. The van der Waals surface area contributed by atoms with Crippen molar-refractivity contribution >= 4 is 20.7 Å². The SMILES string of the molecule is [SiH3]CCO[SiH3]. The third kappa shape index (κ3) is 4.39. The minimum absolute atomic E-state index is 0.921. The fraction of sp³-hybridized carbons (Fsp3) is 1.00. The second-order valence-electron chi connectivity index (χ2n) is 0.993. The van der Waals surface area contributed by atoms with Gasteiger partial charge in [-0.2, -0.15) is 0 Å². The van der Waals surface area contributed by atoms with Gasteiger partial charge in [-0.15, -0.1) is 0 Å². The zero-order chi connectivity index (χ0) is 4.12. The molecule has 0 aliphatic rings. The molecule has 32 valence electrons. The van der Waals surface area contributed by atoms with E-state index < -0.39 is 0 Å². The van der Waals surface area contributed by atoms with Gasteiger partial charge >= 0.3 is 0 Å². The summed E-state index contributed by atoms with van der Waals surface area (Å²) in [6.07, 6.45) is 0. The summed E-state index contributed by atoms with van der Waals surface area (Å²) in [5.74, 6) is 0. The Morgan fingerprint density at radius 2 is 2.20 bits per heavy atom. The molecule has 1 nitrogen and oxygen atoms in total. The molecule has 0 aliphatic carbocycles. The summed E-state index contributed by atoms with van der Waals surface area (Å²) >= 11 is 0. The van der Waals surface area contributed by atoms with E-state index in [-0.39, 0.29) is 0 Å². The van der Waals surface area contributed by atoms with Crippen LogP contribution in [-0.4, -0.2) is 27.3 Å². The largest absolute Gasteiger partial charge is 0.428 e. The predicted octanol–water partition coefficient (Wildman–Crippen LogP) is -1.93. The van der Waals surface area contributed by atoms with Gasteiger partial charge in [-0.3, -0.25) is 0 Å². The Morgan fingerprint density at radius 3 is 2.20 bits per heavy atom. The fourth-order valence-corrected chi connectivity index (χ4v) is 1.84. The molecule has 0 fully saturated rings. The highest BCUT2D eigenvalue weighted by atomic mass is 28.2. The maximum absolute atomic E-state index is 4.86. The summed E-state index contributed by atoms with van der Waals surface area (Å²) in [5, 5.41) is 0. The van der Waals surface area contributed by atoms with Crippen LogP contribution in [0, 0.1) is 0 Å². The van der Waals surface area contributed by atoms with Crippen LogP contribution in [0.25, 0.3) is 0 Å². The van der Waals surface area contributed by atoms with Crippen LogP contribution in [0.5, 0.6) is 0 Å². The highest BCUT2D eigenvalue weighted by Gasteiger charge is 1.65. The van der Waals surface area contributed by atoms with E-state index in [0.29, 0.717) is 0 Å². The van der Waals surface area contributed by atoms with Gasteiger partial charge in [-0.25, -0.2) is 0 Å². The topological polar surface area (TPSA) is 9.23 Å². The van der Waals surface area contributed by atoms with Gasteiger partial charge in [-0.1, -0.05) is 0 Å². The molecule has 0 atom stereocenters. The van der Waals surface area contributed by atoms with Crippen molar-refractivity contribution in [2.75, 3.05) is 6.61 Å². The standard InChI is InChI=1S/C2H10OSi2/c4-2-1-3-5/h1-2H2,4-5H3. The fourth-order valence-electron chi connectivity index (χ4n) is 0.204. The number of rotatable bonds is 2. The molecule has 0 N–H and O–H groups in total. The monoisotopic (exact) mass is 106 g/mol. The molecule has 0 aromatic carbocycles. The molecule has 0 bridgehead atoms. The summed E-state index contributed by atoms with van der Waals surface area (Å²) in [4.78, 5) is 0.